The van der Waals surface area contributed by atoms with E-state index in [4.69, 9.17) is 4.74 Å². The van der Waals surface area contributed by atoms with Crippen LogP contribution in [0.1, 0.15) is 60.3 Å². The highest BCUT2D eigenvalue weighted by molar-refractivity contribution is 5.03. The lowest BCUT2D eigenvalue weighted by molar-refractivity contribution is -0.0736. The highest BCUT2D eigenvalue weighted by atomic mass is 16.5. The molecule has 2 saturated heterocycles. The highest BCUT2D eigenvalue weighted by Gasteiger charge is 2.49. The minimum absolute atomic E-state index is 0.181. The van der Waals surface area contributed by atoms with Crippen molar-refractivity contribution < 1.29 is 4.74 Å². The first-order valence-electron chi connectivity index (χ1n) is 7.25. The molecule has 100 valence electrons. The van der Waals surface area contributed by atoms with Crippen molar-refractivity contribution in [2.24, 2.45) is 5.92 Å². The maximum absolute atomic E-state index is 6.19. The summed E-state index contributed by atoms with van der Waals surface area (Å²) >= 11 is 0. The van der Waals surface area contributed by atoms with E-state index < -0.39 is 0 Å². The Kier molecular flexibility index (Phi) is 3.57. The second kappa shape index (κ2) is 4.55. The van der Waals surface area contributed by atoms with Gasteiger partial charge in [0.2, 0.25) is 0 Å². The van der Waals surface area contributed by atoms with Gasteiger partial charge in [-0.15, -0.1) is 0 Å². The second-order valence-electron chi connectivity index (χ2n) is 7.30. The normalized spacial score (nSPS) is 36.0. The summed E-state index contributed by atoms with van der Waals surface area (Å²) in [5, 5.41) is 0. The molecule has 2 unspecified atom stereocenters. The molecule has 0 saturated carbocycles. The summed E-state index contributed by atoms with van der Waals surface area (Å²) in [6.45, 7) is 13.8. The fraction of sp³-hybridized carbons (Fsp3) is 1.00. The first-order chi connectivity index (χ1) is 7.84. The summed E-state index contributed by atoms with van der Waals surface area (Å²) in [6, 6.07) is 0.688. The Balaban J connectivity index is 2.16. The van der Waals surface area contributed by atoms with Crippen LogP contribution in [0.3, 0.4) is 0 Å². The van der Waals surface area contributed by atoms with Crippen molar-refractivity contribution in [1.29, 1.82) is 0 Å². The predicted molar refractivity (Wildman–Crippen MR) is 72.2 cm³/mol. The molecule has 2 atom stereocenters. The van der Waals surface area contributed by atoms with Gasteiger partial charge in [-0.1, -0.05) is 13.8 Å². The Morgan fingerprint density at radius 3 is 2.35 bits per heavy atom. The van der Waals surface area contributed by atoms with E-state index in [0.717, 1.165) is 19.1 Å². The fourth-order valence-corrected chi connectivity index (χ4v) is 3.51. The zero-order chi connectivity index (χ0) is 12.7. The summed E-state index contributed by atoms with van der Waals surface area (Å²) in [7, 11) is 0. The molecule has 0 aliphatic carbocycles. The monoisotopic (exact) mass is 239 g/mol. The summed E-state index contributed by atoms with van der Waals surface area (Å²) in [5.41, 5.74) is 0.444. The molecule has 0 aromatic heterocycles. The lowest BCUT2D eigenvalue weighted by atomic mass is 9.88. The third-order valence-electron chi connectivity index (χ3n) is 4.51. The minimum atomic E-state index is 0.181. The Bertz CT molecular complexity index is 261. The van der Waals surface area contributed by atoms with Crippen LogP contribution in [0, 0.1) is 5.92 Å². The number of nitrogens with zero attached hydrogens (tertiary/aromatic N) is 1. The third kappa shape index (κ3) is 2.68. The van der Waals surface area contributed by atoms with Gasteiger partial charge in [-0.25, -0.2) is 0 Å². The minimum Gasteiger partial charge on any atom is -0.374 e. The van der Waals surface area contributed by atoms with Crippen molar-refractivity contribution in [3.05, 3.63) is 0 Å². The molecule has 0 amide bonds. The molecular weight excluding hydrogens is 210 g/mol. The molecule has 17 heavy (non-hydrogen) atoms. The summed E-state index contributed by atoms with van der Waals surface area (Å²) in [4.78, 5) is 2.68. The molecule has 2 nitrogen and oxygen atoms in total. The van der Waals surface area contributed by atoms with Gasteiger partial charge in [0.25, 0.3) is 0 Å². The van der Waals surface area contributed by atoms with E-state index in [0.29, 0.717) is 6.04 Å². The van der Waals surface area contributed by atoms with Gasteiger partial charge in [0.15, 0.2) is 0 Å². The lowest BCUT2D eigenvalue weighted by Gasteiger charge is -2.39. The van der Waals surface area contributed by atoms with Gasteiger partial charge in [-0.2, -0.15) is 0 Å². The van der Waals surface area contributed by atoms with Gasteiger partial charge in [-0.3, -0.25) is 4.90 Å². The van der Waals surface area contributed by atoms with Gasteiger partial charge >= 0.3 is 0 Å². The van der Waals surface area contributed by atoms with Crippen LogP contribution in [0.4, 0.5) is 0 Å². The predicted octanol–water partition coefficient (Wildman–Crippen LogP) is 3.45. The average Bonchev–Trinajstić information content (AvgIpc) is 2.59. The zero-order valence-corrected chi connectivity index (χ0v) is 12.3. The number of rotatable bonds is 1. The molecule has 2 aliphatic heterocycles. The Labute approximate surface area is 107 Å². The standard InChI is InChI=1S/C15H29NO/c1-12(2)13-10-15(8-6-7-9-17-15)11-16(13)14(3,4)5/h12-13H,6-11H2,1-5H3. The molecule has 2 heterocycles. The number of likely N-dealkylation sites (tertiary alicyclic amines) is 1. The van der Waals surface area contributed by atoms with Gasteiger partial charge in [0.05, 0.1) is 5.60 Å². The maximum Gasteiger partial charge on any atom is 0.0824 e. The zero-order valence-electron chi connectivity index (χ0n) is 12.3. The molecule has 0 aromatic rings. The lowest BCUT2D eigenvalue weighted by Crippen LogP contribution is -2.48. The molecule has 0 radical (unpaired) electrons. The first kappa shape index (κ1) is 13.4. The molecule has 2 aliphatic rings. The highest BCUT2D eigenvalue weighted by Crippen LogP contribution is 2.42. The molecule has 0 N–H and O–H groups in total. The van der Waals surface area contributed by atoms with Crippen LogP contribution < -0.4 is 0 Å². The van der Waals surface area contributed by atoms with Crippen molar-refractivity contribution in [1.82, 2.24) is 4.90 Å². The molecular formula is C15H29NO. The quantitative estimate of drug-likeness (QED) is 0.695. The van der Waals surface area contributed by atoms with E-state index in [-0.39, 0.29) is 11.1 Å². The average molecular weight is 239 g/mol. The summed E-state index contributed by atoms with van der Waals surface area (Å²) < 4.78 is 6.19. The first-order valence-corrected chi connectivity index (χ1v) is 7.25. The van der Waals surface area contributed by atoms with E-state index in [9.17, 15) is 0 Å². The van der Waals surface area contributed by atoms with E-state index >= 15 is 0 Å². The summed E-state index contributed by atoms with van der Waals surface area (Å²) in [6.07, 6.45) is 5.11. The maximum atomic E-state index is 6.19. The van der Waals surface area contributed by atoms with E-state index in [1.807, 2.05) is 0 Å². The van der Waals surface area contributed by atoms with Crippen molar-refractivity contribution in [3.8, 4) is 0 Å². The SMILES string of the molecule is CC(C)C1CC2(CCCCO2)CN1C(C)(C)C. The molecule has 2 heteroatoms. The Hall–Kier alpha value is -0.0800. The van der Waals surface area contributed by atoms with Crippen LogP contribution >= 0.6 is 0 Å². The van der Waals surface area contributed by atoms with E-state index in [1.54, 1.807) is 0 Å². The molecule has 1 spiro atoms. The smallest absolute Gasteiger partial charge is 0.0824 e. The Morgan fingerprint density at radius 1 is 1.24 bits per heavy atom. The van der Waals surface area contributed by atoms with Gasteiger partial charge in [0, 0.05) is 24.7 Å². The van der Waals surface area contributed by atoms with Crippen molar-refractivity contribution >= 4 is 0 Å². The van der Waals surface area contributed by atoms with E-state index in [2.05, 4.69) is 39.5 Å². The van der Waals surface area contributed by atoms with Crippen LogP contribution in [0.2, 0.25) is 0 Å². The van der Waals surface area contributed by atoms with Crippen molar-refractivity contribution in [2.75, 3.05) is 13.2 Å². The largest absolute Gasteiger partial charge is 0.374 e. The third-order valence-corrected chi connectivity index (χ3v) is 4.51. The Morgan fingerprint density at radius 2 is 1.94 bits per heavy atom. The topological polar surface area (TPSA) is 12.5 Å². The summed E-state index contributed by atoms with van der Waals surface area (Å²) in [5.74, 6) is 0.721. The number of hydrogen-bond donors (Lipinski definition) is 0. The van der Waals surface area contributed by atoms with Crippen LogP contribution in [-0.2, 0) is 4.74 Å². The second-order valence-corrected chi connectivity index (χ2v) is 7.30. The van der Waals surface area contributed by atoms with Gasteiger partial charge in [0.1, 0.15) is 0 Å². The van der Waals surface area contributed by atoms with E-state index in [1.165, 1.54) is 25.7 Å². The number of hydrogen-bond acceptors (Lipinski definition) is 2. The van der Waals surface area contributed by atoms with Crippen molar-refractivity contribution in [3.63, 3.8) is 0 Å². The molecule has 2 fully saturated rings. The van der Waals surface area contributed by atoms with Crippen molar-refractivity contribution in [2.45, 2.75) is 77.5 Å². The van der Waals surface area contributed by atoms with Crippen LogP contribution in [0.25, 0.3) is 0 Å². The molecule has 0 aromatic carbocycles. The van der Waals surface area contributed by atoms with Gasteiger partial charge in [-0.05, 0) is 52.4 Å². The fourth-order valence-electron chi connectivity index (χ4n) is 3.51. The van der Waals surface area contributed by atoms with Gasteiger partial charge < -0.3 is 4.74 Å². The number of ether oxygens (including phenoxy) is 1. The molecule has 2 rings (SSSR count). The molecule has 0 bridgehead atoms. The van der Waals surface area contributed by atoms with Crippen LogP contribution in [0.15, 0.2) is 0 Å². The van der Waals surface area contributed by atoms with Crippen LogP contribution in [0.5, 0.6) is 0 Å². The van der Waals surface area contributed by atoms with Crippen LogP contribution in [-0.4, -0.2) is 35.2 Å².